The highest BCUT2D eigenvalue weighted by Gasteiger charge is 2.24. The Labute approximate surface area is 164 Å². The largest absolute Gasteiger partial charge is 0.357 e. The fourth-order valence-electron chi connectivity index (χ4n) is 3.68. The Morgan fingerprint density at radius 1 is 1.11 bits per heavy atom. The second-order valence-corrected chi connectivity index (χ2v) is 6.66. The van der Waals surface area contributed by atoms with Crippen LogP contribution in [0.2, 0.25) is 0 Å². The van der Waals surface area contributed by atoms with Crippen LogP contribution in [0.3, 0.4) is 0 Å². The first-order valence-electron chi connectivity index (χ1n) is 9.41. The maximum Gasteiger partial charge on any atom is 0.242 e. The number of carbonyl (C=O) groups excluding carboxylic acids is 1. The van der Waals surface area contributed by atoms with Gasteiger partial charge in [0.25, 0.3) is 0 Å². The third-order valence-corrected chi connectivity index (χ3v) is 5.05. The molecule has 0 radical (unpaired) electrons. The minimum atomic E-state index is -0.331. The van der Waals surface area contributed by atoms with Crippen molar-refractivity contribution in [2.24, 2.45) is 0 Å². The predicted molar refractivity (Wildman–Crippen MR) is 112 cm³/mol. The molecule has 1 atom stereocenters. The monoisotopic (exact) mass is 370 g/mol. The summed E-state index contributed by atoms with van der Waals surface area (Å²) in [6.45, 7) is 2.01. The van der Waals surface area contributed by atoms with Crippen LogP contribution in [-0.2, 0) is 4.79 Å². The quantitative estimate of drug-likeness (QED) is 0.564. The average molecular weight is 370 g/mol. The molecule has 0 aliphatic rings. The number of hydrogen-bond donors (Lipinski definition) is 1. The van der Waals surface area contributed by atoms with Crippen LogP contribution in [0.5, 0.6) is 0 Å². The highest BCUT2D eigenvalue weighted by atomic mass is 16.2. The summed E-state index contributed by atoms with van der Waals surface area (Å²) < 4.78 is 2.00. The van der Waals surface area contributed by atoms with Crippen LogP contribution in [0, 0.1) is 0 Å². The summed E-state index contributed by atoms with van der Waals surface area (Å²) in [5, 5.41) is 4.92. The van der Waals surface area contributed by atoms with Crippen molar-refractivity contribution in [3.8, 4) is 22.5 Å². The maximum atomic E-state index is 12.6. The number of rotatable bonds is 5. The fourth-order valence-corrected chi connectivity index (χ4v) is 3.68. The zero-order valence-electron chi connectivity index (χ0n) is 16.0. The number of nitrogens with zero attached hydrogens (tertiary/aromatic N) is 3. The topological polar surface area (TPSA) is 59.8 Å². The molecule has 4 aromatic rings. The van der Waals surface area contributed by atoms with Gasteiger partial charge >= 0.3 is 0 Å². The second kappa shape index (κ2) is 7.64. The zero-order chi connectivity index (χ0) is 19.5. The van der Waals surface area contributed by atoms with Crippen LogP contribution >= 0.6 is 0 Å². The summed E-state index contributed by atoms with van der Waals surface area (Å²) >= 11 is 0. The first kappa shape index (κ1) is 17.9. The predicted octanol–water partition coefficient (Wildman–Crippen LogP) is 4.46. The van der Waals surface area contributed by atoms with Crippen molar-refractivity contribution >= 4 is 16.7 Å². The van der Waals surface area contributed by atoms with Gasteiger partial charge in [-0.2, -0.15) is 0 Å². The van der Waals surface area contributed by atoms with E-state index in [1.54, 1.807) is 19.6 Å². The number of aromatic nitrogens is 3. The number of hydrogen-bond acceptors (Lipinski definition) is 3. The van der Waals surface area contributed by atoms with Crippen LogP contribution in [0.4, 0.5) is 0 Å². The number of benzene rings is 2. The average Bonchev–Trinajstić information content (AvgIpc) is 3.18. The molecule has 0 aliphatic heterocycles. The van der Waals surface area contributed by atoms with Gasteiger partial charge in [-0.3, -0.25) is 9.78 Å². The van der Waals surface area contributed by atoms with E-state index in [0.29, 0.717) is 6.42 Å². The molecule has 0 fully saturated rings. The van der Waals surface area contributed by atoms with E-state index in [1.165, 1.54) is 0 Å². The lowest BCUT2D eigenvalue weighted by atomic mass is 9.99. The minimum Gasteiger partial charge on any atom is -0.357 e. The van der Waals surface area contributed by atoms with Gasteiger partial charge in [0, 0.05) is 36.0 Å². The molecule has 2 aromatic carbocycles. The summed E-state index contributed by atoms with van der Waals surface area (Å²) in [6.07, 6.45) is 6.10. The number of pyridine rings is 1. The van der Waals surface area contributed by atoms with E-state index in [4.69, 9.17) is 4.98 Å². The van der Waals surface area contributed by atoms with Crippen molar-refractivity contribution in [2.75, 3.05) is 7.05 Å². The van der Waals surface area contributed by atoms with Gasteiger partial charge in [0.05, 0.1) is 17.7 Å². The molecular weight excluding hydrogens is 348 g/mol. The van der Waals surface area contributed by atoms with Crippen LogP contribution in [0.25, 0.3) is 33.3 Å². The van der Waals surface area contributed by atoms with E-state index in [1.807, 2.05) is 66.2 Å². The van der Waals surface area contributed by atoms with Crippen molar-refractivity contribution in [1.82, 2.24) is 19.9 Å². The number of likely N-dealkylation sites (N-methyl/N-ethyl adjacent to an activating group) is 1. The summed E-state index contributed by atoms with van der Waals surface area (Å²) in [5.41, 5.74) is 3.87. The van der Waals surface area contributed by atoms with Gasteiger partial charge in [-0.05, 0) is 17.9 Å². The molecular formula is C23H22N4O. The van der Waals surface area contributed by atoms with Crippen LogP contribution in [-0.4, -0.2) is 27.5 Å². The Balaban J connectivity index is 2.03. The Morgan fingerprint density at radius 3 is 2.68 bits per heavy atom. The summed E-state index contributed by atoms with van der Waals surface area (Å²) in [5.74, 6) is -0.0253. The SMILES string of the molecule is CC[C@@H](C(=O)NC)n1cnc(-c2ccccc2)c1-c1cccc2cnccc12. The molecule has 0 spiro atoms. The molecule has 1 N–H and O–H groups in total. The van der Waals surface area contributed by atoms with E-state index >= 15 is 0 Å². The van der Waals surface area contributed by atoms with Crippen molar-refractivity contribution in [2.45, 2.75) is 19.4 Å². The number of amides is 1. The third kappa shape index (κ3) is 3.05. The van der Waals surface area contributed by atoms with Crippen LogP contribution in [0.15, 0.2) is 73.3 Å². The van der Waals surface area contributed by atoms with E-state index in [-0.39, 0.29) is 11.9 Å². The van der Waals surface area contributed by atoms with Gasteiger partial charge in [0.2, 0.25) is 5.91 Å². The molecule has 1 amide bonds. The van der Waals surface area contributed by atoms with Gasteiger partial charge in [-0.1, -0.05) is 55.5 Å². The molecule has 0 bridgehead atoms. The van der Waals surface area contributed by atoms with Crippen molar-refractivity contribution in [1.29, 1.82) is 0 Å². The molecule has 4 rings (SSSR count). The summed E-state index contributed by atoms with van der Waals surface area (Å²) in [6, 6.07) is 17.9. The Morgan fingerprint density at radius 2 is 1.93 bits per heavy atom. The number of nitrogens with one attached hydrogen (secondary N) is 1. The molecule has 2 heterocycles. The van der Waals surface area contributed by atoms with E-state index in [0.717, 1.165) is 33.3 Å². The van der Waals surface area contributed by atoms with Crippen LogP contribution < -0.4 is 5.32 Å². The lowest BCUT2D eigenvalue weighted by molar-refractivity contribution is -0.123. The standard InChI is InChI=1S/C23H22N4O/c1-3-20(23(28)24-2)27-15-26-21(16-8-5-4-6-9-16)22(27)19-11-7-10-17-14-25-13-12-18(17)19/h4-15,20H,3H2,1-2H3,(H,24,28)/t20-/m0/s1. The molecule has 0 unspecified atom stereocenters. The molecule has 5 nitrogen and oxygen atoms in total. The van der Waals surface area contributed by atoms with Crippen molar-refractivity contribution in [3.63, 3.8) is 0 Å². The number of fused-ring (bicyclic) bond motifs is 1. The summed E-state index contributed by atoms with van der Waals surface area (Å²) in [7, 11) is 1.67. The molecule has 0 saturated heterocycles. The normalized spacial score (nSPS) is 12.1. The first-order valence-corrected chi connectivity index (χ1v) is 9.41. The summed E-state index contributed by atoms with van der Waals surface area (Å²) in [4.78, 5) is 21.5. The highest BCUT2D eigenvalue weighted by Crippen LogP contribution is 2.37. The molecule has 0 aliphatic carbocycles. The smallest absolute Gasteiger partial charge is 0.242 e. The van der Waals surface area contributed by atoms with E-state index in [9.17, 15) is 4.79 Å². The Kier molecular flexibility index (Phi) is 4.89. The van der Waals surface area contributed by atoms with E-state index < -0.39 is 0 Å². The zero-order valence-corrected chi connectivity index (χ0v) is 16.0. The number of carbonyl (C=O) groups is 1. The fraction of sp³-hybridized carbons (Fsp3) is 0.174. The molecule has 28 heavy (non-hydrogen) atoms. The third-order valence-electron chi connectivity index (χ3n) is 5.05. The lowest BCUT2D eigenvalue weighted by Gasteiger charge is -2.20. The van der Waals surface area contributed by atoms with Gasteiger partial charge < -0.3 is 9.88 Å². The molecule has 0 saturated carbocycles. The van der Waals surface area contributed by atoms with Gasteiger partial charge in [-0.15, -0.1) is 0 Å². The number of imidazole rings is 1. The van der Waals surface area contributed by atoms with Gasteiger partial charge in [0.15, 0.2) is 0 Å². The van der Waals surface area contributed by atoms with Gasteiger partial charge in [0.1, 0.15) is 6.04 Å². The van der Waals surface area contributed by atoms with E-state index in [2.05, 4.69) is 16.4 Å². The molecule has 2 aromatic heterocycles. The second-order valence-electron chi connectivity index (χ2n) is 6.66. The Bertz CT molecular complexity index is 1110. The molecule has 5 heteroatoms. The lowest BCUT2D eigenvalue weighted by Crippen LogP contribution is -2.29. The van der Waals surface area contributed by atoms with Gasteiger partial charge in [-0.25, -0.2) is 4.98 Å². The first-order chi connectivity index (χ1) is 13.7. The maximum absolute atomic E-state index is 12.6. The minimum absolute atomic E-state index is 0.0253. The van der Waals surface area contributed by atoms with Crippen molar-refractivity contribution < 1.29 is 4.79 Å². The van der Waals surface area contributed by atoms with Crippen molar-refractivity contribution in [3.05, 3.63) is 73.3 Å². The molecule has 140 valence electrons. The Hall–Kier alpha value is -3.47. The van der Waals surface area contributed by atoms with Crippen LogP contribution in [0.1, 0.15) is 19.4 Å². The highest BCUT2D eigenvalue weighted by molar-refractivity contribution is 5.99.